The van der Waals surface area contributed by atoms with Crippen molar-refractivity contribution >= 4 is 11.5 Å². The van der Waals surface area contributed by atoms with Crippen molar-refractivity contribution in [1.82, 2.24) is 9.88 Å². The fourth-order valence-electron chi connectivity index (χ4n) is 3.01. The Kier molecular flexibility index (Phi) is 4.28. The average Bonchev–Trinajstić information content (AvgIpc) is 2.63. The van der Waals surface area contributed by atoms with Crippen LogP contribution < -0.4 is 0 Å². The zero-order valence-electron chi connectivity index (χ0n) is 13.7. The largest absolute Gasteiger partial charge is 0.338 e. The maximum absolute atomic E-state index is 12.9. The van der Waals surface area contributed by atoms with Crippen LogP contribution in [0.4, 0.5) is 0 Å². The normalized spacial score (nSPS) is 15.2. The molecule has 1 aliphatic heterocycles. The molecule has 23 heavy (non-hydrogen) atoms. The lowest BCUT2D eigenvalue weighted by Gasteiger charge is -2.33. The van der Waals surface area contributed by atoms with Gasteiger partial charge in [-0.3, -0.25) is 9.78 Å². The van der Waals surface area contributed by atoms with Gasteiger partial charge in [0.1, 0.15) is 0 Å². The SMILES string of the molecule is CC(C)(C(=O)N1CC=C(c2ccccc2)CC1)c1ccccn1. The Morgan fingerprint density at radius 2 is 1.83 bits per heavy atom. The molecule has 3 heteroatoms. The summed E-state index contributed by atoms with van der Waals surface area (Å²) in [5.41, 5.74) is 2.80. The highest BCUT2D eigenvalue weighted by molar-refractivity contribution is 5.87. The third-order valence-electron chi connectivity index (χ3n) is 4.48. The zero-order valence-corrected chi connectivity index (χ0v) is 13.7. The first kappa shape index (κ1) is 15.5. The summed E-state index contributed by atoms with van der Waals surface area (Å²) in [6, 6.07) is 16.1. The molecule has 1 aromatic heterocycles. The molecule has 0 saturated carbocycles. The van der Waals surface area contributed by atoms with Gasteiger partial charge < -0.3 is 4.90 Å². The quantitative estimate of drug-likeness (QED) is 0.867. The second-order valence-corrected chi connectivity index (χ2v) is 6.44. The molecule has 118 valence electrons. The summed E-state index contributed by atoms with van der Waals surface area (Å²) in [5.74, 6) is 0.138. The van der Waals surface area contributed by atoms with Crippen molar-refractivity contribution in [2.75, 3.05) is 13.1 Å². The van der Waals surface area contributed by atoms with Crippen LogP contribution in [0, 0.1) is 0 Å². The highest BCUT2D eigenvalue weighted by atomic mass is 16.2. The van der Waals surface area contributed by atoms with Gasteiger partial charge in [-0.2, -0.15) is 0 Å². The van der Waals surface area contributed by atoms with Gasteiger partial charge in [0, 0.05) is 19.3 Å². The molecule has 0 fully saturated rings. The molecule has 1 aliphatic rings. The molecule has 0 aliphatic carbocycles. The van der Waals surface area contributed by atoms with Gasteiger partial charge in [0.15, 0.2) is 0 Å². The molecule has 0 unspecified atom stereocenters. The van der Waals surface area contributed by atoms with E-state index in [0.717, 1.165) is 18.7 Å². The van der Waals surface area contributed by atoms with E-state index in [-0.39, 0.29) is 5.91 Å². The summed E-state index contributed by atoms with van der Waals surface area (Å²) in [5, 5.41) is 0. The molecule has 2 aromatic rings. The number of hydrogen-bond acceptors (Lipinski definition) is 2. The Morgan fingerprint density at radius 1 is 1.09 bits per heavy atom. The summed E-state index contributed by atoms with van der Waals surface area (Å²) < 4.78 is 0. The Balaban J connectivity index is 1.74. The third kappa shape index (κ3) is 3.19. The fraction of sp³-hybridized carbons (Fsp3) is 0.300. The van der Waals surface area contributed by atoms with Crippen LogP contribution in [0.3, 0.4) is 0 Å². The Bertz CT molecular complexity index is 705. The van der Waals surface area contributed by atoms with Crippen LogP contribution in [0.5, 0.6) is 0 Å². The van der Waals surface area contributed by atoms with Crippen molar-refractivity contribution in [3.8, 4) is 0 Å². The lowest BCUT2D eigenvalue weighted by Crippen LogP contribution is -2.45. The van der Waals surface area contributed by atoms with E-state index in [4.69, 9.17) is 0 Å². The van der Waals surface area contributed by atoms with Gasteiger partial charge in [-0.25, -0.2) is 0 Å². The van der Waals surface area contributed by atoms with E-state index < -0.39 is 5.41 Å². The summed E-state index contributed by atoms with van der Waals surface area (Å²) in [4.78, 5) is 19.2. The first-order valence-corrected chi connectivity index (χ1v) is 8.04. The van der Waals surface area contributed by atoms with E-state index in [1.165, 1.54) is 11.1 Å². The minimum absolute atomic E-state index is 0.138. The lowest BCUT2D eigenvalue weighted by molar-refractivity contribution is -0.136. The standard InChI is InChI=1S/C20H22N2O/c1-20(2,18-10-6-7-13-21-18)19(23)22-14-11-17(12-15-22)16-8-4-3-5-9-16/h3-11,13H,12,14-15H2,1-2H3. The fourth-order valence-corrected chi connectivity index (χ4v) is 3.01. The van der Waals surface area contributed by atoms with E-state index in [1.54, 1.807) is 6.20 Å². The summed E-state index contributed by atoms with van der Waals surface area (Å²) >= 11 is 0. The van der Waals surface area contributed by atoms with Crippen LogP contribution in [0.2, 0.25) is 0 Å². The first-order valence-electron chi connectivity index (χ1n) is 8.04. The molecule has 3 nitrogen and oxygen atoms in total. The molecule has 0 atom stereocenters. The molecular weight excluding hydrogens is 284 g/mol. The number of amides is 1. The molecule has 0 bridgehead atoms. The zero-order chi connectivity index (χ0) is 16.3. The summed E-state index contributed by atoms with van der Waals surface area (Å²) in [6.45, 7) is 5.33. The van der Waals surface area contributed by atoms with Crippen LogP contribution in [0.1, 0.15) is 31.5 Å². The number of carbonyl (C=O) groups excluding carboxylic acids is 1. The van der Waals surface area contributed by atoms with Crippen molar-refractivity contribution in [3.63, 3.8) is 0 Å². The van der Waals surface area contributed by atoms with Gasteiger partial charge >= 0.3 is 0 Å². The van der Waals surface area contributed by atoms with Crippen molar-refractivity contribution in [2.45, 2.75) is 25.7 Å². The van der Waals surface area contributed by atoms with Gasteiger partial charge in [-0.05, 0) is 43.5 Å². The van der Waals surface area contributed by atoms with Gasteiger partial charge in [-0.15, -0.1) is 0 Å². The van der Waals surface area contributed by atoms with E-state index >= 15 is 0 Å². The van der Waals surface area contributed by atoms with Crippen molar-refractivity contribution in [3.05, 3.63) is 72.1 Å². The average molecular weight is 306 g/mol. The van der Waals surface area contributed by atoms with Gasteiger partial charge in [0.2, 0.25) is 5.91 Å². The number of benzene rings is 1. The molecular formula is C20H22N2O. The van der Waals surface area contributed by atoms with Crippen LogP contribution in [0.25, 0.3) is 5.57 Å². The minimum atomic E-state index is -0.598. The highest BCUT2D eigenvalue weighted by Gasteiger charge is 2.35. The maximum atomic E-state index is 12.9. The van der Waals surface area contributed by atoms with Crippen molar-refractivity contribution < 1.29 is 4.79 Å². The summed E-state index contributed by atoms with van der Waals surface area (Å²) in [6.07, 6.45) is 4.81. The molecule has 0 N–H and O–H groups in total. The number of carbonyl (C=O) groups is 1. The predicted octanol–water partition coefficient (Wildman–Crippen LogP) is 3.68. The predicted molar refractivity (Wildman–Crippen MR) is 92.9 cm³/mol. The molecule has 1 amide bonds. The topological polar surface area (TPSA) is 33.2 Å². The van der Waals surface area contributed by atoms with Crippen LogP contribution in [-0.2, 0) is 10.2 Å². The van der Waals surface area contributed by atoms with E-state index in [1.807, 2.05) is 43.0 Å². The second kappa shape index (κ2) is 6.37. The Morgan fingerprint density at radius 3 is 2.43 bits per heavy atom. The van der Waals surface area contributed by atoms with Gasteiger partial charge in [-0.1, -0.05) is 42.5 Å². The van der Waals surface area contributed by atoms with Crippen molar-refractivity contribution in [2.24, 2.45) is 0 Å². The molecule has 3 rings (SSSR count). The minimum Gasteiger partial charge on any atom is -0.338 e. The first-order chi connectivity index (χ1) is 11.1. The van der Waals surface area contributed by atoms with Crippen LogP contribution in [-0.4, -0.2) is 28.9 Å². The van der Waals surface area contributed by atoms with Crippen LogP contribution in [0.15, 0.2) is 60.8 Å². The Labute approximate surface area is 137 Å². The third-order valence-corrected chi connectivity index (χ3v) is 4.48. The second-order valence-electron chi connectivity index (χ2n) is 6.44. The highest BCUT2D eigenvalue weighted by Crippen LogP contribution is 2.27. The number of nitrogens with zero attached hydrogens (tertiary/aromatic N) is 2. The number of rotatable bonds is 3. The molecule has 2 heterocycles. The number of aromatic nitrogens is 1. The van der Waals surface area contributed by atoms with Crippen molar-refractivity contribution in [1.29, 1.82) is 0 Å². The maximum Gasteiger partial charge on any atom is 0.234 e. The molecule has 0 spiro atoms. The smallest absolute Gasteiger partial charge is 0.234 e. The van der Waals surface area contributed by atoms with Crippen LogP contribution >= 0.6 is 0 Å². The molecule has 0 radical (unpaired) electrons. The summed E-state index contributed by atoms with van der Waals surface area (Å²) in [7, 11) is 0. The molecule has 1 aromatic carbocycles. The van der Waals surface area contributed by atoms with E-state index in [2.05, 4.69) is 35.3 Å². The Hall–Kier alpha value is -2.42. The molecule has 0 saturated heterocycles. The van der Waals surface area contributed by atoms with E-state index in [9.17, 15) is 4.79 Å². The monoisotopic (exact) mass is 306 g/mol. The lowest BCUT2D eigenvalue weighted by atomic mass is 9.86. The van der Waals surface area contributed by atoms with Gasteiger partial charge in [0.25, 0.3) is 0 Å². The number of pyridine rings is 1. The van der Waals surface area contributed by atoms with E-state index in [0.29, 0.717) is 6.54 Å². The number of hydrogen-bond donors (Lipinski definition) is 0. The van der Waals surface area contributed by atoms with Gasteiger partial charge in [0.05, 0.1) is 11.1 Å².